The third-order valence-electron chi connectivity index (χ3n) is 3.55. The molecule has 0 amide bonds. The van der Waals surface area contributed by atoms with Gasteiger partial charge in [0.1, 0.15) is 11.6 Å². The number of nitrogens with one attached hydrogen (secondary N) is 1. The van der Waals surface area contributed by atoms with E-state index in [1.54, 1.807) is 0 Å². The van der Waals surface area contributed by atoms with Crippen molar-refractivity contribution in [3.05, 3.63) is 40.7 Å². The van der Waals surface area contributed by atoms with Crippen molar-refractivity contribution in [2.75, 3.05) is 12.4 Å². The van der Waals surface area contributed by atoms with Crippen molar-refractivity contribution >= 4 is 5.82 Å². The molecule has 0 aliphatic heterocycles. The van der Waals surface area contributed by atoms with Crippen LogP contribution < -0.4 is 5.32 Å². The van der Waals surface area contributed by atoms with Crippen LogP contribution in [0.15, 0.2) is 18.2 Å². The van der Waals surface area contributed by atoms with Crippen molar-refractivity contribution in [1.29, 1.82) is 0 Å². The smallest absolute Gasteiger partial charge is 0.133 e. The molecule has 1 aromatic heterocycles. The van der Waals surface area contributed by atoms with Crippen LogP contribution in [-0.2, 0) is 0 Å². The van der Waals surface area contributed by atoms with E-state index in [1.807, 2.05) is 7.05 Å². The summed E-state index contributed by atoms with van der Waals surface area (Å²) in [6.07, 6.45) is 0. The highest BCUT2D eigenvalue weighted by molar-refractivity contribution is 5.71. The predicted octanol–water partition coefficient (Wildman–Crippen LogP) is 4.23. The quantitative estimate of drug-likeness (QED) is 0.906. The molecule has 0 bridgehead atoms. The highest BCUT2D eigenvalue weighted by Gasteiger charge is 2.15. The number of hydrogen-bond acceptors (Lipinski definition) is 3. The van der Waals surface area contributed by atoms with E-state index in [-0.39, 0.29) is 0 Å². The molecule has 3 nitrogen and oxygen atoms in total. The van der Waals surface area contributed by atoms with Gasteiger partial charge in [-0.25, -0.2) is 9.97 Å². The molecule has 0 atom stereocenters. The number of aryl methyl sites for hydroxylation is 2. The van der Waals surface area contributed by atoms with Gasteiger partial charge < -0.3 is 5.32 Å². The molecular weight excluding hydrogens is 246 g/mol. The fourth-order valence-electron chi connectivity index (χ4n) is 2.38. The maximum Gasteiger partial charge on any atom is 0.133 e. The van der Waals surface area contributed by atoms with Crippen LogP contribution in [0.5, 0.6) is 0 Å². The Morgan fingerprint density at radius 1 is 1.05 bits per heavy atom. The van der Waals surface area contributed by atoms with Crippen molar-refractivity contribution in [1.82, 2.24) is 9.97 Å². The molecule has 1 aromatic carbocycles. The van der Waals surface area contributed by atoms with E-state index < -0.39 is 0 Å². The zero-order valence-corrected chi connectivity index (χ0v) is 13.2. The molecule has 0 saturated carbocycles. The second kappa shape index (κ2) is 5.61. The molecule has 1 N–H and O–H groups in total. The summed E-state index contributed by atoms with van der Waals surface area (Å²) in [7, 11) is 1.91. The van der Waals surface area contributed by atoms with Gasteiger partial charge in [0.05, 0.1) is 5.69 Å². The van der Waals surface area contributed by atoms with Crippen LogP contribution in [0.3, 0.4) is 0 Å². The minimum atomic E-state index is 0.312. The van der Waals surface area contributed by atoms with Crippen molar-refractivity contribution in [2.45, 2.75) is 40.5 Å². The Bertz CT molecular complexity index is 630. The Morgan fingerprint density at radius 3 is 2.30 bits per heavy atom. The Hall–Kier alpha value is -1.90. The van der Waals surface area contributed by atoms with E-state index in [2.05, 4.69) is 63.1 Å². The lowest BCUT2D eigenvalue weighted by atomic mass is 9.99. The average molecular weight is 269 g/mol. The number of nitrogens with zero attached hydrogens (tertiary/aromatic N) is 2. The zero-order valence-electron chi connectivity index (χ0n) is 13.2. The van der Waals surface area contributed by atoms with Gasteiger partial charge in [-0.3, -0.25) is 0 Å². The van der Waals surface area contributed by atoms with Crippen molar-refractivity contribution in [3.63, 3.8) is 0 Å². The van der Waals surface area contributed by atoms with Crippen LogP contribution >= 0.6 is 0 Å². The first kappa shape index (κ1) is 14.5. The Kier molecular flexibility index (Phi) is 4.07. The van der Waals surface area contributed by atoms with E-state index in [1.165, 1.54) is 16.7 Å². The molecule has 0 saturated heterocycles. The van der Waals surface area contributed by atoms with E-state index in [9.17, 15) is 0 Å². The Morgan fingerprint density at radius 2 is 1.75 bits per heavy atom. The minimum Gasteiger partial charge on any atom is -0.373 e. The summed E-state index contributed by atoms with van der Waals surface area (Å²) in [6, 6.07) is 6.49. The zero-order chi connectivity index (χ0) is 14.9. The van der Waals surface area contributed by atoms with Gasteiger partial charge in [0, 0.05) is 24.1 Å². The SMILES string of the molecule is CNc1nc(C(C)C)nc(-c2ccc(C)cc2C)c1C. The van der Waals surface area contributed by atoms with Crippen LogP contribution in [0.1, 0.15) is 42.3 Å². The number of hydrogen-bond donors (Lipinski definition) is 1. The van der Waals surface area contributed by atoms with Crippen LogP contribution in [0.25, 0.3) is 11.3 Å². The maximum absolute atomic E-state index is 4.79. The summed E-state index contributed by atoms with van der Waals surface area (Å²) in [5.41, 5.74) is 5.85. The van der Waals surface area contributed by atoms with Gasteiger partial charge in [-0.15, -0.1) is 0 Å². The molecule has 106 valence electrons. The van der Waals surface area contributed by atoms with E-state index in [4.69, 9.17) is 4.98 Å². The fourth-order valence-corrected chi connectivity index (χ4v) is 2.38. The summed E-state index contributed by atoms with van der Waals surface area (Å²) in [5.74, 6) is 2.11. The number of anilines is 1. The molecule has 0 radical (unpaired) electrons. The number of rotatable bonds is 3. The van der Waals surface area contributed by atoms with Crippen LogP contribution in [0.4, 0.5) is 5.82 Å². The molecule has 0 aliphatic carbocycles. The highest BCUT2D eigenvalue weighted by Crippen LogP contribution is 2.30. The third-order valence-corrected chi connectivity index (χ3v) is 3.55. The lowest BCUT2D eigenvalue weighted by Gasteiger charge is -2.15. The molecule has 3 heteroatoms. The van der Waals surface area contributed by atoms with Crippen molar-refractivity contribution in [3.8, 4) is 11.3 Å². The summed E-state index contributed by atoms with van der Waals surface area (Å²) in [4.78, 5) is 9.39. The normalized spacial score (nSPS) is 10.9. The lowest BCUT2D eigenvalue weighted by molar-refractivity contribution is 0.775. The first-order chi connectivity index (χ1) is 9.43. The van der Waals surface area contributed by atoms with Gasteiger partial charge in [-0.05, 0) is 26.3 Å². The predicted molar refractivity (Wildman–Crippen MR) is 85.3 cm³/mol. The van der Waals surface area contributed by atoms with E-state index in [0.29, 0.717) is 5.92 Å². The standard InChI is InChI=1S/C17H23N3/c1-10(2)16-19-15(13(5)17(18-6)20-16)14-8-7-11(3)9-12(14)4/h7-10H,1-6H3,(H,18,19,20). The van der Waals surface area contributed by atoms with Gasteiger partial charge in [0.2, 0.25) is 0 Å². The Labute approximate surface area is 121 Å². The largest absolute Gasteiger partial charge is 0.373 e. The average Bonchev–Trinajstić information content (AvgIpc) is 2.39. The number of aromatic nitrogens is 2. The van der Waals surface area contributed by atoms with E-state index in [0.717, 1.165) is 22.9 Å². The minimum absolute atomic E-state index is 0.312. The lowest BCUT2D eigenvalue weighted by Crippen LogP contribution is -2.07. The maximum atomic E-state index is 4.79. The second-order valence-corrected chi connectivity index (χ2v) is 5.63. The van der Waals surface area contributed by atoms with E-state index >= 15 is 0 Å². The summed E-state index contributed by atoms with van der Waals surface area (Å²) in [6.45, 7) is 10.6. The summed E-state index contributed by atoms with van der Waals surface area (Å²) >= 11 is 0. The molecular formula is C17H23N3. The van der Waals surface area contributed by atoms with Crippen LogP contribution in [0.2, 0.25) is 0 Å². The molecule has 0 spiro atoms. The highest BCUT2D eigenvalue weighted by atomic mass is 15.0. The molecule has 0 fully saturated rings. The summed E-state index contributed by atoms with van der Waals surface area (Å²) < 4.78 is 0. The molecule has 2 rings (SSSR count). The van der Waals surface area contributed by atoms with Gasteiger partial charge >= 0.3 is 0 Å². The van der Waals surface area contributed by atoms with Gasteiger partial charge in [-0.2, -0.15) is 0 Å². The monoisotopic (exact) mass is 269 g/mol. The summed E-state index contributed by atoms with van der Waals surface area (Å²) in [5, 5.41) is 3.18. The van der Waals surface area contributed by atoms with Gasteiger partial charge in [-0.1, -0.05) is 37.6 Å². The van der Waals surface area contributed by atoms with Crippen LogP contribution in [-0.4, -0.2) is 17.0 Å². The van der Waals surface area contributed by atoms with Gasteiger partial charge in [0.25, 0.3) is 0 Å². The first-order valence-corrected chi connectivity index (χ1v) is 7.08. The fraction of sp³-hybridized carbons (Fsp3) is 0.412. The number of benzene rings is 1. The molecule has 1 heterocycles. The second-order valence-electron chi connectivity index (χ2n) is 5.63. The van der Waals surface area contributed by atoms with Gasteiger partial charge in [0.15, 0.2) is 0 Å². The van der Waals surface area contributed by atoms with Crippen molar-refractivity contribution < 1.29 is 0 Å². The molecule has 2 aromatic rings. The van der Waals surface area contributed by atoms with Crippen molar-refractivity contribution in [2.24, 2.45) is 0 Å². The topological polar surface area (TPSA) is 37.8 Å². The molecule has 0 aliphatic rings. The molecule has 0 unspecified atom stereocenters. The first-order valence-electron chi connectivity index (χ1n) is 7.08. The molecule has 20 heavy (non-hydrogen) atoms. The Balaban J connectivity index is 2.68. The van der Waals surface area contributed by atoms with Crippen LogP contribution in [0, 0.1) is 20.8 Å². The third kappa shape index (κ3) is 2.67.